The Labute approximate surface area is 86.5 Å². The second kappa shape index (κ2) is 3.82. The molecule has 0 atom stereocenters. The molecule has 1 aliphatic carbocycles. The van der Waals surface area contributed by atoms with Crippen LogP contribution in [0.4, 0.5) is 0 Å². The van der Waals surface area contributed by atoms with Crippen molar-refractivity contribution in [1.82, 2.24) is 10.6 Å². The molecule has 0 amide bonds. The molecule has 1 fully saturated rings. The molecule has 76 valence electrons. The molecule has 0 radical (unpaired) electrons. The fraction of sp³-hybridized carbons (Fsp3) is 0.900. The number of rotatable bonds is 1. The van der Waals surface area contributed by atoms with E-state index in [0.717, 1.165) is 11.0 Å². The third kappa shape index (κ3) is 3.94. The molecular weight excluding hydrogens is 180 g/mol. The summed E-state index contributed by atoms with van der Waals surface area (Å²) in [6.07, 6.45) is 2.51. The van der Waals surface area contributed by atoms with Crippen LogP contribution in [0.25, 0.3) is 0 Å². The second-order valence-electron chi connectivity index (χ2n) is 5.12. The summed E-state index contributed by atoms with van der Waals surface area (Å²) in [6.45, 7) is 8.62. The summed E-state index contributed by atoms with van der Waals surface area (Å²) in [5.74, 6) is 0.870. The van der Waals surface area contributed by atoms with Gasteiger partial charge in [-0.05, 0) is 51.7 Å². The minimum atomic E-state index is 0.0689. The molecule has 13 heavy (non-hydrogen) atoms. The summed E-state index contributed by atoms with van der Waals surface area (Å²) in [4.78, 5) is 0. The molecule has 1 saturated carbocycles. The third-order valence-corrected chi connectivity index (χ3v) is 2.42. The van der Waals surface area contributed by atoms with Crippen molar-refractivity contribution in [3.8, 4) is 0 Å². The Bertz CT molecular complexity index is 190. The number of hydrogen-bond donors (Lipinski definition) is 2. The van der Waals surface area contributed by atoms with E-state index in [9.17, 15) is 0 Å². The number of nitrogens with one attached hydrogen (secondary N) is 2. The topological polar surface area (TPSA) is 24.1 Å². The van der Waals surface area contributed by atoms with Gasteiger partial charge in [-0.25, -0.2) is 0 Å². The first-order valence-electron chi connectivity index (χ1n) is 4.95. The second-order valence-corrected chi connectivity index (χ2v) is 5.53. The van der Waals surface area contributed by atoms with E-state index in [1.165, 1.54) is 12.8 Å². The number of thiocarbonyl (C=S) groups is 1. The van der Waals surface area contributed by atoms with Crippen LogP contribution in [0.5, 0.6) is 0 Å². The van der Waals surface area contributed by atoms with Crippen molar-refractivity contribution in [3.05, 3.63) is 0 Å². The van der Waals surface area contributed by atoms with Gasteiger partial charge in [0.15, 0.2) is 5.11 Å². The lowest BCUT2D eigenvalue weighted by Crippen LogP contribution is -2.52. The largest absolute Gasteiger partial charge is 0.360 e. The van der Waals surface area contributed by atoms with E-state index in [-0.39, 0.29) is 5.54 Å². The van der Waals surface area contributed by atoms with Crippen molar-refractivity contribution >= 4 is 17.3 Å². The maximum absolute atomic E-state index is 5.19. The van der Waals surface area contributed by atoms with Crippen molar-refractivity contribution in [2.45, 2.75) is 52.1 Å². The molecule has 0 unspecified atom stereocenters. The molecule has 0 aromatic heterocycles. The third-order valence-electron chi connectivity index (χ3n) is 2.20. The highest BCUT2D eigenvalue weighted by atomic mass is 32.1. The van der Waals surface area contributed by atoms with Crippen molar-refractivity contribution < 1.29 is 0 Å². The fourth-order valence-corrected chi connectivity index (χ4v) is 2.06. The van der Waals surface area contributed by atoms with Gasteiger partial charge in [0.1, 0.15) is 0 Å². The van der Waals surface area contributed by atoms with Crippen LogP contribution in [0.1, 0.15) is 40.5 Å². The van der Waals surface area contributed by atoms with Crippen molar-refractivity contribution in [3.63, 3.8) is 0 Å². The van der Waals surface area contributed by atoms with E-state index in [4.69, 9.17) is 12.2 Å². The molecule has 0 spiro atoms. The van der Waals surface area contributed by atoms with Crippen LogP contribution in [0.2, 0.25) is 0 Å². The van der Waals surface area contributed by atoms with Gasteiger partial charge in [0, 0.05) is 11.6 Å². The van der Waals surface area contributed by atoms with Gasteiger partial charge in [0.05, 0.1) is 0 Å². The zero-order valence-corrected chi connectivity index (χ0v) is 9.79. The summed E-state index contributed by atoms with van der Waals surface area (Å²) in [6, 6.07) is 0.609. The first-order valence-corrected chi connectivity index (χ1v) is 5.36. The van der Waals surface area contributed by atoms with Crippen molar-refractivity contribution in [1.29, 1.82) is 0 Å². The Hall–Kier alpha value is -0.310. The zero-order valence-electron chi connectivity index (χ0n) is 8.98. The molecule has 0 aliphatic heterocycles. The molecule has 0 aromatic carbocycles. The van der Waals surface area contributed by atoms with Crippen LogP contribution in [0.3, 0.4) is 0 Å². The lowest BCUT2D eigenvalue weighted by atomic mass is 9.82. The molecule has 0 aromatic rings. The summed E-state index contributed by atoms with van der Waals surface area (Å²) in [5, 5.41) is 7.37. The molecule has 3 heteroatoms. The highest BCUT2D eigenvalue weighted by Crippen LogP contribution is 2.26. The van der Waals surface area contributed by atoms with E-state index in [1.807, 2.05) is 0 Å². The molecule has 1 aliphatic rings. The van der Waals surface area contributed by atoms with Crippen molar-refractivity contribution in [2.75, 3.05) is 0 Å². The quantitative estimate of drug-likeness (QED) is 0.634. The van der Waals surface area contributed by atoms with Crippen LogP contribution in [0.15, 0.2) is 0 Å². The molecule has 1 rings (SSSR count). The normalized spacial score (nSPS) is 27.7. The lowest BCUT2D eigenvalue weighted by molar-refractivity contribution is 0.266. The standard InChI is InChI=1S/C10H20N2S/c1-7-5-8(6-7)11-9(13)12-10(2,3)4/h7-8H,5-6H2,1-4H3,(H2,11,12,13). The first kappa shape index (κ1) is 10.8. The minimum absolute atomic E-state index is 0.0689. The monoisotopic (exact) mass is 200 g/mol. The van der Waals surface area contributed by atoms with Gasteiger partial charge in [0.25, 0.3) is 0 Å². The highest BCUT2D eigenvalue weighted by Gasteiger charge is 2.26. The average Bonchev–Trinajstić information content (AvgIpc) is 1.79. The highest BCUT2D eigenvalue weighted by molar-refractivity contribution is 7.80. The Balaban J connectivity index is 2.19. The van der Waals surface area contributed by atoms with Gasteiger partial charge in [-0.15, -0.1) is 0 Å². The van der Waals surface area contributed by atoms with E-state index in [1.54, 1.807) is 0 Å². The molecular formula is C10H20N2S. The molecule has 0 heterocycles. The zero-order chi connectivity index (χ0) is 10.1. The van der Waals surface area contributed by atoms with Gasteiger partial charge >= 0.3 is 0 Å². The molecule has 2 nitrogen and oxygen atoms in total. The molecule has 2 N–H and O–H groups in total. The van der Waals surface area contributed by atoms with Gasteiger partial charge in [-0.1, -0.05) is 6.92 Å². The fourth-order valence-electron chi connectivity index (χ4n) is 1.58. The number of hydrogen-bond acceptors (Lipinski definition) is 1. The molecule has 0 saturated heterocycles. The Morgan fingerprint density at radius 3 is 2.23 bits per heavy atom. The van der Waals surface area contributed by atoms with Crippen LogP contribution in [0, 0.1) is 5.92 Å². The first-order chi connectivity index (χ1) is 5.87. The van der Waals surface area contributed by atoms with Crippen LogP contribution < -0.4 is 10.6 Å². The predicted octanol–water partition coefficient (Wildman–Crippen LogP) is 2.05. The summed E-state index contributed by atoms with van der Waals surface area (Å²) in [7, 11) is 0. The van der Waals surface area contributed by atoms with E-state index >= 15 is 0 Å². The van der Waals surface area contributed by atoms with Crippen LogP contribution in [-0.4, -0.2) is 16.7 Å². The minimum Gasteiger partial charge on any atom is -0.360 e. The van der Waals surface area contributed by atoms with Crippen molar-refractivity contribution in [2.24, 2.45) is 5.92 Å². The van der Waals surface area contributed by atoms with Crippen LogP contribution >= 0.6 is 12.2 Å². The smallest absolute Gasteiger partial charge is 0.166 e. The summed E-state index contributed by atoms with van der Waals surface area (Å²) < 4.78 is 0. The summed E-state index contributed by atoms with van der Waals surface area (Å²) >= 11 is 5.19. The predicted molar refractivity (Wildman–Crippen MR) is 60.8 cm³/mol. The Morgan fingerprint density at radius 1 is 1.31 bits per heavy atom. The average molecular weight is 200 g/mol. The van der Waals surface area contributed by atoms with E-state index in [0.29, 0.717) is 6.04 Å². The van der Waals surface area contributed by atoms with Gasteiger partial charge < -0.3 is 10.6 Å². The molecule has 0 bridgehead atoms. The van der Waals surface area contributed by atoms with Gasteiger partial charge in [-0.3, -0.25) is 0 Å². The SMILES string of the molecule is CC1CC(NC(=S)NC(C)(C)C)C1. The Kier molecular flexibility index (Phi) is 3.17. The summed E-state index contributed by atoms with van der Waals surface area (Å²) in [5.41, 5.74) is 0.0689. The Morgan fingerprint density at radius 2 is 1.85 bits per heavy atom. The van der Waals surface area contributed by atoms with E-state index in [2.05, 4.69) is 38.3 Å². The maximum Gasteiger partial charge on any atom is 0.166 e. The van der Waals surface area contributed by atoms with Gasteiger partial charge in [0.2, 0.25) is 0 Å². The van der Waals surface area contributed by atoms with Crippen LogP contribution in [-0.2, 0) is 0 Å². The van der Waals surface area contributed by atoms with E-state index < -0.39 is 0 Å². The van der Waals surface area contributed by atoms with Gasteiger partial charge in [-0.2, -0.15) is 0 Å². The maximum atomic E-state index is 5.19. The lowest BCUT2D eigenvalue weighted by Gasteiger charge is -2.35.